The van der Waals surface area contributed by atoms with Crippen LogP contribution in [0, 0.1) is 17.9 Å². The van der Waals surface area contributed by atoms with E-state index in [4.69, 9.17) is 18.2 Å². The molecule has 1 aliphatic heterocycles. The second-order valence-corrected chi connectivity index (χ2v) is 10.0. The number of fused-ring (bicyclic) bond motifs is 1. The minimum Gasteiger partial charge on any atom is -0.390 e. The van der Waals surface area contributed by atoms with E-state index in [1.54, 1.807) is 12.1 Å². The fourth-order valence-electron chi connectivity index (χ4n) is 4.24. The molecule has 0 amide bonds. The average molecular weight is 508 g/mol. The van der Waals surface area contributed by atoms with E-state index < -0.39 is 11.7 Å². The molecule has 0 radical (unpaired) electrons. The molecular weight excluding hydrogens is 482 g/mol. The topological polar surface area (TPSA) is 139 Å². The summed E-state index contributed by atoms with van der Waals surface area (Å²) < 4.78 is 1.41. The monoisotopic (exact) mass is 507 g/mol. The molecule has 3 aromatic rings. The minimum atomic E-state index is -0.938. The Balaban J connectivity index is 1.44. The summed E-state index contributed by atoms with van der Waals surface area (Å²) in [5, 5.41) is 41.9. The maximum absolute atomic E-state index is 11.0. The van der Waals surface area contributed by atoms with Crippen LogP contribution in [0.5, 0.6) is 0 Å². The van der Waals surface area contributed by atoms with Crippen LogP contribution in [0.2, 0.25) is 5.02 Å². The number of imidazole rings is 1. The van der Waals surface area contributed by atoms with Crippen LogP contribution >= 0.6 is 11.6 Å². The van der Waals surface area contributed by atoms with Crippen molar-refractivity contribution in [3.05, 3.63) is 45.9 Å². The lowest BCUT2D eigenvalue weighted by molar-refractivity contribution is -0.0160. The highest BCUT2D eigenvalue weighted by molar-refractivity contribution is 6.34. The Bertz CT molecular complexity index is 1380. The minimum absolute atomic E-state index is 0.171. The van der Waals surface area contributed by atoms with E-state index >= 15 is 0 Å². The van der Waals surface area contributed by atoms with Crippen molar-refractivity contribution in [1.29, 1.82) is 5.26 Å². The summed E-state index contributed by atoms with van der Waals surface area (Å²) in [7, 11) is 0. The van der Waals surface area contributed by atoms with Crippen LogP contribution < -0.4 is 10.6 Å². The van der Waals surface area contributed by atoms with E-state index in [9.17, 15) is 15.5 Å². The molecule has 0 bridgehead atoms. The molecule has 4 N–H and O–H groups in total. The zero-order valence-electron chi connectivity index (χ0n) is 19.7. The molecule has 2 aromatic heterocycles. The molecule has 11 nitrogen and oxygen atoms in total. The lowest BCUT2D eigenvalue weighted by Crippen LogP contribution is -2.43. The van der Waals surface area contributed by atoms with Crippen molar-refractivity contribution in [3.63, 3.8) is 0 Å². The number of benzene rings is 1. The number of anilines is 3. The number of piperidine rings is 1. The van der Waals surface area contributed by atoms with Gasteiger partial charge in [0.2, 0.25) is 0 Å². The second kappa shape index (κ2) is 9.52. The zero-order chi connectivity index (χ0) is 25.4. The number of β-amino-alcohol motifs (C(OH)–C–C–N with tert-alkyl or cyclic N) is 1. The van der Waals surface area contributed by atoms with Gasteiger partial charge >= 0.3 is 0 Å². The van der Waals surface area contributed by atoms with Gasteiger partial charge in [0, 0.05) is 31.2 Å². The Hall–Kier alpha value is -3.48. The molecular formula is C24H26ClN9O2. The number of nitrogens with zero attached hydrogens (tertiary/aromatic N) is 7. The number of nitriles is 1. The van der Waals surface area contributed by atoms with Gasteiger partial charge < -0.3 is 30.6 Å². The number of hydrogen-bond acceptors (Lipinski definition) is 9. The largest absolute Gasteiger partial charge is 0.390 e. The van der Waals surface area contributed by atoms with Gasteiger partial charge in [0.15, 0.2) is 5.82 Å². The van der Waals surface area contributed by atoms with Gasteiger partial charge in [-0.05, 0) is 44.7 Å². The molecule has 5 rings (SSSR count). The lowest BCUT2D eigenvalue weighted by Gasteiger charge is -2.36. The number of nitrogens with one attached hydrogen (secondary N) is 2. The molecule has 36 heavy (non-hydrogen) atoms. The molecule has 3 heterocycles. The van der Waals surface area contributed by atoms with Crippen molar-refractivity contribution in [2.75, 3.05) is 30.3 Å². The van der Waals surface area contributed by atoms with Crippen LogP contribution in [0.15, 0.2) is 18.3 Å². The molecule has 12 heteroatoms. The molecule has 1 aliphatic carbocycles. The second-order valence-electron chi connectivity index (χ2n) is 9.64. The third-order valence-electron chi connectivity index (χ3n) is 6.58. The summed E-state index contributed by atoms with van der Waals surface area (Å²) >= 11 is 6.71. The number of likely N-dealkylation sites (tertiary alicyclic amines) is 1. The standard InChI is InChI=1S/C24H26ClN9O2/c1-24(36)5-7-33(8-6-24)13-18(35)16-9-14(11-26)10-17(20(16)25)30-23-31-21(29-15-3-4-15)22-28-12-19(27-2)34(22)32-23/h9-10,12,15,18,35-36H,3-8,13H2,1H3,(H2,29,30,31,32). The number of halogens is 1. The maximum atomic E-state index is 11.0. The Morgan fingerprint density at radius 3 is 2.78 bits per heavy atom. The molecule has 1 atom stereocenters. The summed E-state index contributed by atoms with van der Waals surface area (Å²) in [5.74, 6) is 0.908. The number of aliphatic hydroxyl groups excluding tert-OH is 1. The Labute approximate surface area is 213 Å². The number of aliphatic hydroxyl groups is 2. The van der Waals surface area contributed by atoms with Gasteiger partial charge in [-0.25, -0.2) is 4.98 Å². The van der Waals surface area contributed by atoms with Crippen LogP contribution in [0.4, 0.5) is 23.3 Å². The first-order chi connectivity index (χ1) is 17.3. The summed E-state index contributed by atoms with van der Waals surface area (Å²) in [6.45, 7) is 10.9. The highest BCUT2D eigenvalue weighted by Crippen LogP contribution is 2.35. The van der Waals surface area contributed by atoms with Gasteiger partial charge in [0.05, 0.1) is 40.2 Å². The van der Waals surface area contributed by atoms with E-state index in [2.05, 4.69) is 41.5 Å². The van der Waals surface area contributed by atoms with Crippen molar-refractivity contribution >= 4 is 40.5 Å². The van der Waals surface area contributed by atoms with Crippen molar-refractivity contribution in [1.82, 2.24) is 24.5 Å². The van der Waals surface area contributed by atoms with Crippen LogP contribution in [0.25, 0.3) is 10.5 Å². The van der Waals surface area contributed by atoms with Crippen LogP contribution in [0.1, 0.15) is 49.8 Å². The van der Waals surface area contributed by atoms with Crippen molar-refractivity contribution < 1.29 is 10.2 Å². The predicted molar refractivity (Wildman–Crippen MR) is 134 cm³/mol. The van der Waals surface area contributed by atoms with Gasteiger partial charge in [-0.15, -0.1) is 4.52 Å². The molecule has 0 spiro atoms. The fourth-order valence-corrected chi connectivity index (χ4v) is 4.52. The summed E-state index contributed by atoms with van der Waals surface area (Å²) in [6.07, 6.45) is 3.80. The number of rotatable bonds is 7. The van der Waals surface area contributed by atoms with Gasteiger partial charge in [0.25, 0.3) is 17.4 Å². The molecule has 2 fully saturated rings. The van der Waals surface area contributed by atoms with Gasteiger partial charge in [0.1, 0.15) is 0 Å². The third-order valence-corrected chi connectivity index (χ3v) is 7.00. The van der Waals surface area contributed by atoms with Crippen LogP contribution in [-0.2, 0) is 0 Å². The highest BCUT2D eigenvalue weighted by atomic mass is 35.5. The van der Waals surface area contributed by atoms with Gasteiger partial charge in [-0.2, -0.15) is 10.2 Å². The maximum Gasteiger partial charge on any atom is 0.275 e. The molecule has 1 saturated heterocycles. The molecule has 1 saturated carbocycles. The first kappa shape index (κ1) is 24.2. The SMILES string of the molecule is [C-]#[N+]c1cnc2c(NC3CC3)nc(Nc3cc(C#N)cc(C(O)CN4CCC(C)(O)CC4)c3Cl)nn12. The summed E-state index contributed by atoms with van der Waals surface area (Å²) in [4.78, 5) is 14.4. The molecule has 2 aliphatic rings. The van der Waals surface area contributed by atoms with Crippen molar-refractivity contribution in [2.45, 2.75) is 50.4 Å². The lowest BCUT2D eigenvalue weighted by atomic mass is 9.93. The quantitative estimate of drug-likeness (QED) is 0.354. The Morgan fingerprint density at radius 2 is 2.11 bits per heavy atom. The molecule has 1 aromatic carbocycles. The number of aromatic nitrogens is 4. The van der Waals surface area contributed by atoms with Crippen molar-refractivity contribution in [3.8, 4) is 6.07 Å². The fraction of sp³-hybridized carbons (Fsp3) is 0.458. The van der Waals surface area contributed by atoms with E-state index in [-0.39, 0.29) is 16.8 Å². The highest BCUT2D eigenvalue weighted by Gasteiger charge is 2.29. The predicted octanol–water partition coefficient (Wildman–Crippen LogP) is 3.40. The molecule has 186 valence electrons. The van der Waals surface area contributed by atoms with E-state index in [1.165, 1.54) is 10.7 Å². The normalized spacial score (nSPS) is 18.4. The van der Waals surface area contributed by atoms with E-state index in [0.29, 0.717) is 66.8 Å². The first-order valence-corrected chi connectivity index (χ1v) is 12.2. The van der Waals surface area contributed by atoms with Gasteiger partial charge in [-0.1, -0.05) is 23.3 Å². The first-order valence-electron chi connectivity index (χ1n) is 11.8. The van der Waals surface area contributed by atoms with Gasteiger partial charge in [-0.3, -0.25) is 0 Å². The van der Waals surface area contributed by atoms with Crippen LogP contribution in [-0.4, -0.2) is 66.0 Å². The van der Waals surface area contributed by atoms with Crippen LogP contribution in [0.3, 0.4) is 0 Å². The Morgan fingerprint density at radius 1 is 1.36 bits per heavy atom. The van der Waals surface area contributed by atoms with E-state index in [0.717, 1.165) is 12.8 Å². The summed E-state index contributed by atoms with van der Waals surface area (Å²) in [6, 6.07) is 5.57. The average Bonchev–Trinajstić information content (AvgIpc) is 3.57. The number of hydrogen-bond donors (Lipinski definition) is 4. The zero-order valence-corrected chi connectivity index (χ0v) is 20.5. The third kappa shape index (κ3) is 5.06. The molecule has 1 unspecified atom stereocenters. The summed E-state index contributed by atoms with van der Waals surface area (Å²) in [5.41, 5.74) is 0.865. The smallest absolute Gasteiger partial charge is 0.275 e. The Kier molecular flexibility index (Phi) is 6.41. The van der Waals surface area contributed by atoms with Crippen molar-refractivity contribution in [2.24, 2.45) is 0 Å². The van der Waals surface area contributed by atoms with E-state index in [1.807, 2.05) is 6.92 Å².